The van der Waals surface area contributed by atoms with Crippen molar-refractivity contribution in [1.82, 2.24) is 0 Å². The first kappa shape index (κ1) is 18.5. The average molecular weight is 406 g/mol. The molecule has 0 unspecified atom stereocenters. The van der Waals surface area contributed by atoms with Gasteiger partial charge in [0, 0.05) is 21.8 Å². The molecular weight excluding hydrogens is 389 g/mol. The molecule has 138 valence electrons. The first-order valence-corrected chi connectivity index (χ1v) is 9.63. The van der Waals surface area contributed by atoms with Crippen LogP contribution in [0.4, 0.5) is 5.69 Å². The lowest BCUT2D eigenvalue weighted by molar-refractivity contribution is 0.306. The van der Waals surface area contributed by atoms with Crippen molar-refractivity contribution >= 4 is 45.9 Å². The molecule has 4 rings (SSSR count). The van der Waals surface area contributed by atoms with E-state index in [0.717, 1.165) is 27.6 Å². The maximum absolute atomic E-state index is 6.12. The van der Waals surface area contributed by atoms with E-state index in [9.17, 15) is 0 Å². The predicted octanol–water partition coefficient (Wildman–Crippen LogP) is 7.48. The van der Waals surface area contributed by atoms with Gasteiger partial charge in [-0.25, -0.2) is 0 Å². The molecule has 0 bridgehead atoms. The summed E-state index contributed by atoms with van der Waals surface area (Å²) in [5.74, 6) is 0.777. The highest BCUT2D eigenvalue weighted by Gasteiger charge is 2.08. The second kappa shape index (κ2) is 8.47. The van der Waals surface area contributed by atoms with Gasteiger partial charge in [0.15, 0.2) is 0 Å². The molecule has 0 aliphatic carbocycles. The molecule has 28 heavy (non-hydrogen) atoms. The van der Waals surface area contributed by atoms with Crippen LogP contribution in [0.25, 0.3) is 10.8 Å². The Bertz CT molecular complexity index is 1120. The van der Waals surface area contributed by atoms with E-state index in [0.29, 0.717) is 22.3 Å². The van der Waals surface area contributed by atoms with Crippen LogP contribution < -0.4 is 4.74 Å². The Hall–Kier alpha value is -2.81. The Balaban J connectivity index is 1.72. The minimum absolute atomic E-state index is 0.489. The topological polar surface area (TPSA) is 21.6 Å². The summed E-state index contributed by atoms with van der Waals surface area (Å²) in [7, 11) is 0. The minimum atomic E-state index is 0.489. The van der Waals surface area contributed by atoms with Crippen molar-refractivity contribution in [2.24, 2.45) is 4.99 Å². The van der Waals surface area contributed by atoms with Crippen molar-refractivity contribution in [3.05, 3.63) is 106 Å². The first-order chi connectivity index (χ1) is 13.7. The summed E-state index contributed by atoms with van der Waals surface area (Å²) < 4.78 is 6.12. The fourth-order valence-electron chi connectivity index (χ4n) is 3.02. The molecule has 4 aromatic rings. The zero-order chi connectivity index (χ0) is 19.3. The van der Waals surface area contributed by atoms with E-state index in [1.54, 1.807) is 18.2 Å². The van der Waals surface area contributed by atoms with Gasteiger partial charge in [-0.15, -0.1) is 0 Å². The summed E-state index contributed by atoms with van der Waals surface area (Å²) in [5, 5.41) is 3.31. The molecule has 0 saturated carbocycles. The molecule has 4 aromatic carbocycles. The van der Waals surface area contributed by atoms with Crippen LogP contribution in [0.15, 0.2) is 89.9 Å². The minimum Gasteiger partial charge on any atom is -0.488 e. The van der Waals surface area contributed by atoms with Gasteiger partial charge >= 0.3 is 0 Å². The molecule has 0 atom stereocenters. The summed E-state index contributed by atoms with van der Waals surface area (Å²) in [6.45, 7) is 0.489. The molecule has 0 saturated heterocycles. The zero-order valence-electron chi connectivity index (χ0n) is 15.0. The Morgan fingerprint density at radius 3 is 2.29 bits per heavy atom. The Morgan fingerprint density at radius 1 is 0.786 bits per heavy atom. The van der Waals surface area contributed by atoms with Crippen LogP contribution in [0.5, 0.6) is 5.75 Å². The normalized spacial score (nSPS) is 11.2. The van der Waals surface area contributed by atoms with Gasteiger partial charge in [0.1, 0.15) is 12.4 Å². The first-order valence-electron chi connectivity index (χ1n) is 8.88. The van der Waals surface area contributed by atoms with Crippen LogP contribution in [0.3, 0.4) is 0 Å². The lowest BCUT2D eigenvalue weighted by Crippen LogP contribution is -1.99. The van der Waals surface area contributed by atoms with Crippen molar-refractivity contribution < 1.29 is 4.74 Å². The molecular formula is C24H17Cl2NO. The van der Waals surface area contributed by atoms with Crippen LogP contribution in [-0.4, -0.2) is 6.21 Å². The van der Waals surface area contributed by atoms with E-state index in [2.05, 4.69) is 23.2 Å². The third-order valence-electron chi connectivity index (χ3n) is 4.36. The number of halogens is 2. The summed E-state index contributed by atoms with van der Waals surface area (Å²) in [6.07, 6.45) is 1.81. The number of hydrogen-bond donors (Lipinski definition) is 0. The van der Waals surface area contributed by atoms with Crippen molar-refractivity contribution in [2.45, 2.75) is 6.61 Å². The molecule has 0 aromatic heterocycles. The van der Waals surface area contributed by atoms with Gasteiger partial charge in [0.05, 0.1) is 5.69 Å². The quantitative estimate of drug-likeness (QED) is 0.315. The second-order valence-corrected chi connectivity index (χ2v) is 7.23. The van der Waals surface area contributed by atoms with E-state index in [1.807, 2.05) is 54.7 Å². The molecule has 0 aliphatic heterocycles. The van der Waals surface area contributed by atoms with Gasteiger partial charge in [0.25, 0.3) is 0 Å². The van der Waals surface area contributed by atoms with E-state index in [4.69, 9.17) is 27.9 Å². The summed E-state index contributed by atoms with van der Waals surface area (Å²) in [6, 6.07) is 27.5. The van der Waals surface area contributed by atoms with Crippen molar-refractivity contribution in [1.29, 1.82) is 0 Å². The molecule has 0 N–H and O–H groups in total. The van der Waals surface area contributed by atoms with Gasteiger partial charge in [-0.1, -0.05) is 83.9 Å². The van der Waals surface area contributed by atoms with Crippen LogP contribution in [0, 0.1) is 0 Å². The number of nitrogens with zero attached hydrogens (tertiary/aromatic N) is 1. The van der Waals surface area contributed by atoms with Crippen molar-refractivity contribution in [2.75, 3.05) is 0 Å². The van der Waals surface area contributed by atoms with Gasteiger partial charge in [0.2, 0.25) is 0 Å². The third kappa shape index (κ3) is 4.36. The maximum atomic E-state index is 6.12. The molecule has 0 spiro atoms. The molecule has 0 heterocycles. The molecule has 0 aliphatic rings. The van der Waals surface area contributed by atoms with Crippen LogP contribution in [0.1, 0.15) is 11.1 Å². The van der Waals surface area contributed by atoms with Gasteiger partial charge in [-0.05, 0) is 40.6 Å². The Kier molecular flexibility index (Phi) is 5.61. The number of fused-ring (bicyclic) bond motifs is 1. The van der Waals surface area contributed by atoms with Gasteiger partial charge in [-0.2, -0.15) is 0 Å². The SMILES string of the molecule is Clc1cc(Cl)cc(N=Cc2c(OCc3ccccc3)ccc3ccccc23)c1. The molecule has 4 heteroatoms. The average Bonchev–Trinajstić information content (AvgIpc) is 2.71. The molecule has 0 fully saturated rings. The highest BCUT2D eigenvalue weighted by atomic mass is 35.5. The number of rotatable bonds is 5. The number of benzene rings is 4. The fourth-order valence-corrected chi connectivity index (χ4v) is 3.54. The summed E-state index contributed by atoms with van der Waals surface area (Å²) in [5.41, 5.74) is 2.73. The van der Waals surface area contributed by atoms with Crippen molar-refractivity contribution in [3.8, 4) is 5.75 Å². The Morgan fingerprint density at radius 2 is 1.50 bits per heavy atom. The van der Waals surface area contributed by atoms with E-state index in [-0.39, 0.29) is 0 Å². The molecule has 0 radical (unpaired) electrons. The third-order valence-corrected chi connectivity index (χ3v) is 4.79. The second-order valence-electron chi connectivity index (χ2n) is 6.36. The highest BCUT2D eigenvalue weighted by Crippen LogP contribution is 2.29. The summed E-state index contributed by atoms with van der Waals surface area (Å²) >= 11 is 12.2. The predicted molar refractivity (Wildman–Crippen MR) is 118 cm³/mol. The number of aliphatic imine (C=N–C) groups is 1. The lowest BCUT2D eigenvalue weighted by Gasteiger charge is -2.12. The van der Waals surface area contributed by atoms with Crippen LogP contribution >= 0.6 is 23.2 Å². The molecule has 2 nitrogen and oxygen atoms in total. The summed E-state index contributed by atoms with van der Waals surface area (Å²) in [4.78, 5) is 4.59. The van der Waals surface area contributed by atoms with Crippen LogP contribution in [0.2, 0.25) is 10.0 Å². The van der Waals surface area contributed by atoms with E-state index in [1.165, 1.54) is 0 Å². The van der Waals surface area contributed by atoms with Gasteiger partial charge in [-0.3, -0.25) is 4.99 Å². The van der Waals surface area contributed by atoms with Crippen molar-refractivity contribution in [3.63, 3.8) is 0 Å². The number of hydrogen-bond acceptors (Lipinski definition) is 2. The Labute approximate surface area is 174 Å². The highest BCUT2D eigenvalue weighted by molar-refractivity contribution is 6.35. The van der Waals surface area contributed by atoms with Gasteiger partial charge < -0.3 is 4.74 Å². The lowest BCUT2D eigenvalue weighted by atomic mass is 10.0. The maximum Gasteiger partial charge on any atom is 0.129 e. The standard InChI is InChI=1S/C24H17Cl2NO/c25-19-12-20(26)14-21(13-19)27-15-23-22-9-5-4-8-18(22)10-11-24(23)28-16-17-6-2-1-3-7-17/h1-15H,16H2. The number of ether oxygens (including phenoxy) is 1. The smallest absolute Gasteiger partial charge is 0.129 e. The fraction of sp³-hybridized carbons (Fsp3) is 0.0417. The largest absolute Gasteiger partial charge is 0.488 e. The van der Waals surface area contributed by atoms with Crippen LogP contribution in [-0.2, 0) is 6.61 Å². The van der Waals surface area contributed by atoms with E-state index < -0.39 is 0 Å². The molecule has 0 amide bonds. The zero-order valence-corrected chi connectivity index (χ0v) is 16.5. The monoisotopic (exact) mass is 405 g/mol. The van der Waals surface area contributed by atoms with E-state index >= 15 is 0 Å².